The van der Waals surface area contributed by atoms with Gasteiger partial charge in [0.2, 0.25) is 0 Å². The molecule has 1 aliphatic heterocycles. The van der Waals surface area contributed by atoms with Crippen molar-refractivity contribution < 1.29 is 22.6 Å². The molecule has 2 N–H and O–H groups in total. The lowest BCUT2D eigenvalue weighted by atomic mass is 9.92. The molecule has 0 radical (unpaired) electrons. The Morgan fingerprint density at radius 1 is 1.10 bits per heavy atom. The summed E-state index contributed by atoms with van der Waals surface area (Å²) in [5.41, 5.74) is 7.01. The van der Waals surface area contributed by atoms with E-state index in [0.29, 0.717) is 23.7 Å². The monoisotopic (exact) mass is 315 g/mol. The van der Waals surface area contributed by atoms with Gasteiger partial charge in [0.15, 0.2) is 21.3 Å². The number of hydrogen-bond acceptors (Lipinski definition) is 6. The highest BCUT2D eigenvalue weighted by atomic mass is 32.2. The van der Waals surface area contributed by atoms with Gasteiger partial charge in [-0.25, -0.2) is 8.42 Å². The van der Waals surface area contributed by atoms with Gasteiger partial charge in [0.05, 0.1) is 32.8 Å². The van der Waals surface area contributed by atoms with E-state index < -0.39 is 15.9 Å². The molecule has 21 heavy (non-hydrogen) atoms. The van der Waals surface area contributed by atoms with Crippen LogP contribution >= 0.6 is 0 Å². The second-order valence-electron chi connectivity index (χ2n) is 5.14. The van der Waals surface area contributed by atoms with Crippen LogP contribution in [0.5, 0.6) is 17.2 Å². The highest BCUT2D eigenvalue weighted by Crippen LogP contribution is 2.40. The Morgan fingerprint density at radius 2 is 1.67 bits per heavy atom. The smallest absolute Gasteiger partial charge is 0.164 e. The van der Waals surface area contributed by atoms with Gasteiger partial charge in [-0.1, -0.05) is 0 Å². The van der Waals surface area contributed by atoms with E-state index in [-0.39, 0.29) is 17.4 Å². The van der Waals surface area contributed by atoms with Crippen molar-refractivity contribution >= 4 is 9.84 Å². The van der Waals surface area contributed by atoms with Crippen LogP contribution < -0.4 is 19.9 Å². The number of sulfone groups is 1. The van der Waals surface area contributed by atoms with Crippen LogP contribution in [0.1, 0.15) is 18.0 Å². The quantitative estimate of drug-likeness (QED) is 0.877. The van der Waals surface area contributed by atoms with Crippen molar-refractivity contribution in [1.29, 1.82) is 0 Å². The standard InChI is InChI=1S/C14H21NO5S/c1-18-11-7-13(20-3)12(19-2)6-10(11)14(15)9-4-5-21(16,17)8-9/h6-7,9,14H,4-5,8,15H2,1-3H3. The van der Waals surface area contributed by atoms with Crippen LogP contribution in [0.2, 0.25) is 0 Å². The van der Waals surface area contributed by atoms with E-state index in [1.54, 1.807) is 33.5 Å². The van der Waals surface area contributed by atoms with Crippen molar-refractivity contribution in [2.24, 2.45) is 11.7 Å². The van der Waals surface area contributed by atoms with Crippen molar-refractivity contribution in [3.8, 4) is 17.2 Å². The van der Waals surface area contributed by atoms with E-state index in [9.17, 15) is 8.42 Å². The minimum absolute atomic E-state index is 0.109. The average Bonchev–Trinajstić information content (AvgIpc) is 2.85. The van der Waals surface area contributed by atoms with Crippen molar-refractivity contribution in [2.75, 3.05) is 32.8 Å². The first-order valence-electron chi connectivity index (χ1n) is 6.67. The van der Waals surface area contributed by atoms with Crippen LogP contribution in [0.15, 0.2) is 12.1 Å². The molecule has 0 saturated carbocycles. The molecule has 0 spiro atoms. The Kier molecular flexibility index (Phi) is 4.63. The molecule has 0 aliphatic carbocycles. The predicted octanol–water partition coefficient (Wildman–Crippen LogP) is 1.15. The molecule has 6 nitrogen and oxygen atoms in total. The van der Waals surface area contributed by atoms with Crippen molar-refractivity contribution in [3.63, 3.8) is 0 Å². The lowest BCUT2D eigenvalue weighted by Gasteiger charge is -2.22. The topological polar surface area (TPSA) is 87.9 Å². The fourth-order valence-corrected chi connectivity index (χ4v) is 4.53. The normalized spacial score (nSPS) is 21.8. The van der Waals surface area contributed by atoms with E-state index in [2.05, 4.69) is 0 Å². The molecule has 0 aromatic heterocycles. The Hall–Kier alpha value is -1.47. The van der Waals surface area contributed by atoms with Crippen LogP contribution in [0.25, 0.3) is 0 Å². The SMILES string of the molecule is COc1cc(OC)c(C(N)C2CCS(=O)(=O)C2)cc1OC. The van der Waals surface area contributed by atoms with Gasteiger partial charge in [-0.2, -0.15) is 0 Å². The van der Waals surface area contributed by atoms with E-state index in [1.807, 2.05) is 0 Å². The third-order valence-electron chi connectivity index (χ3n) is 3.87. The lowest BCUT2D eigenvalue weighted by molar-refractivity contribution is 0.343. The molecule has 1 saturated heterocycles. The number of benzene rings is 1. The van der Waals surface area contributed by atoms with E-state index in [1.165, 1.54) is 0 Å². The zero-order valence-corrected chi connectivity index (χ0v) is 13.3. The highest BCUT2D eigenvalue weighted by molar-refractivity contribution is 7.91. The van der Waals surface area contributed by atoms with Crippen LogP contribution in [0.4, 0.5) is 0 Å². The van der Waals surface area contributed by atoms with Crippen molar-refractivity contribution in [2.45, 2.75) is 12.5 Å². The van der Waals surface area contributed by atoms with Crippen molar-refractivity contribution in [1.82, 2.24) is 0 Å². The minimum atomic E-state index is -2.97. The number of nitrogens with two attached hydrogens (primary N) is 1. The van der Waals surface area contributed by atoms with E-state index in [0.717, 1.165) is 5.56 Å². The Balaban J connectivity index is 2.38. The highest BCUT2D eigenvalue weighted by Gasteiger charge is 2.34. The fraction of sp³-hybridized carbons (Fsp3) is 0.571. The van der Waals surface area contributed by atoms with Crippen molar-refractivity contribution in [3.05, 3.63) is 17.7 Å². The average molecular weight is 315 g/mol. The molecular formula is C14H21NO5S. The summed E-state index contributed by atoms with van der Waals surface area (Å²) in [6.07, 6.45) is 0.570. The number of rotatable bonds is 5. The second kappa shape index (κ2) is 6.11. The molecule has 1 aromatic rings. The Labute approximate surface area is 125 Å². The predicted molar refractivity (Wildman–Crippen MR) is 79.8 cm³/mol. The zero-order chi connectivity index (χ0) is 15.6. The molecule has 0 bridgehead atoms. The molecule has 1 aromatic carbocycles. The van der Waals surface area contributed by atoms with E-state index >= 15 is 0 Å². The van der Waals surface area contributed by atoms with Gasteiger partial charge in [0.25, 0.3) is 0 Å². The maximum atomic E-state index is 11.6. The van der Waals surface area contributed by atoms with Gasteiger partial charge in [0, 0.05) is 17.7 Å². The number of methoxy groups -OCH3 is 3. The van der Waals surface area contributed by atoms with Gasteiger partial charge in [0.1, 0.15) is 5.75 Å². The Morgan fingerprint density at radius 3 is 2.14 bits per heavy atom. The summed E-state index contributed by atoms with van der Waals surface area (Å²) in [6.45, 7) is 0. The number of ether oxygens (including phenoxy) is 3. The maximum absolute atomic E-state index is 11.6. The Bertz CT molecular complexity index is 614. The van der Waals surface area contributed by atoms with Crippen LogP contribution in [-0.4, -0.2) is 41.3 Å². The van der Waals surface area contributed by atoms with E-state index in [4.69, 9.17) is 19.9 Å². The van der Waals surface area contributed by atoms with Crippen LogP contribution in [0.3, 0.4) is 0 Å². The van der Waals surface area contributed by atoms with Crippen LogP contribution in [-0.2, 0) is 9.84 Å². The van der Waals surface area contributed by atoms with Crippen LogP contribution in [0, 0.1) is 5.92 Å². The molecule has 7 heteroatoms. The van der Waals surface area contributed by atoms with Gasteiger partial charge < -0.3 is 19.9 Å². The minimum Gasteiger partial charge on any atom is -0.496 e. The van der Waals surface area contributed by atoms with Gasteiger partial charge in [-0.3, -0.25) is 0 Å². The zero-order valence-electron chi connectivity index (χ0n) is 12.5. The fourth-order valence-electron chi connectivity index (χ4n) is 2.67. The number of hydrogen-bond donors (Lipinski definition) is 1. The first-order valence-corrected chi connectivity index (χ1v) is 8.50. The second-order valence-corrected chi connectivity index (χ2v) is 7.37. The third-order valence-corrected chi connectivity index (χ3v) is 5.66. The summed E-state index contributed by atoms with van der Waals surface area (Å²) in [7, 11) is 1.65. The van der Waals surface area contributed by atoms with Gasteiger partial charge in [-0.15, -0.1) is 0 Å². The largest absolute Gasteiger partial charge is 0.496 e. The summed E-state index contributed by atoms with van der Waals surface area (Å²) in [5, 5.41) is 0. The molecule has 118 valence electrons. The molecule has 2 rings (SSSR count). The summed E-state index contributed by atoms with van der Waals surface area (Å²) in [6, 6.07) is 3.04. The van der Waals surface area contributed by atoms with Gasteiger partial charge in [-0.05, 0) is 18.4 Å². The molecular weight excluding hydrogens is 294 g/mol. The summed E-state index contributed by atoms with van der Waals surface area (Å²) in [4.78, 5) is 0. The summed E-state index contributed by atoms with van der Waals surface area (Å²) < 4.78 is 39.1. The molecule has 0 amide bonds. The lowest BCUT2D eigenvalue weighted by Crippen LogP contribution is -2.23. The maximum Gasteiger partial charge on any atom is 0.164 e. The summed E-state index contributed by atoms with van der Waals surface area (Å²) >= 11 is 0. The molecule has 2 unspecified atom stereocenters. The summed E-state index contributed by atoms with van der Waals surface area (Å²) in [5.74, 6) is 1.87. The first-order chi connectivity index (χ1) is 9.91. The molecule has 1 aliphatic rings. The molecule has 2 atom stereocenters. The molecule has 1 fully saturated rings. The molecule has 1 heterocycles. The first kappa shape index (κ1) is 15.9. The third kappa shape index (κ3) is 3.24. The van der Waals surface area contributed by atoms with Gasteiger partial charge >= 0.3 is 0 Å².